The van der Waals surface area contributed by atoms with Gasteiger partial charge < -0.3 is 18.6 Å². The van der Waals surface area contributed by atoms with Crippen molar-refractivity contribution in [3.63, 3.8) is 0 Å². The number of carbonyl (C=O) groups excluding carboxylic acids is 2. The van der Waals surface area contributed by atoms with Crippen LogP contribution in [-0.2, 0) is 9.53 Å². The van der Waals surface area contributed by atoms with Gasteiger partial charge in [0.05, 0.1) is 26.9 Å². The van der Waals surface area contributed by atoms with Gasteiger partial charge in [-0.1, -0.05) is 19.6 Å². The molecule has 1 aliphatic rings. The molecule has 0 fully saturated rings. The molecular weight excluding hydrogens is 410 g/mol. The van der Waals surface area contributed by atoms with Crippen LogP contribution in [0.25, 0.3) is 11.1 Å². The van der Waals surface area contributed by atoms with E-state index in [1.165, 1.54) is 20.3 Å². The van der Waals surface area contributed by atoms with Gasteiger partial charge in [-0.05, 0) is 6.04 Å². The van der Waals surface area contributed by atoms with Crippen molar-refractivity contribution in [2.45, 2.75) is 32.1 Å². The van der Waals surface area contributed by atoms with Gasteiger partial charge in [0.15, 0.2) is 17.4 Å². The largest absolute Gasteiger partial charge is 0.481 e. The maximum atomic E-state index is 13.0. The van der Waals surface area contributed by atoms with Crippen molar-refractivity contribution < 1.29 is 28.2 Å². The zero-order valence-electron chi connectivity index (χ0n) is 17.5. The Balaban J connectivity index is 2.12. The number of ether oxygens (including phenoxy) is 3. The first-order valence-electron chi connectivity index (χ1n) is 9.27. The summed E-state index contributed by atoms with van der Waals surface area (Å²) >= 11 is 0. The Labute approximate surface area is 173 Å². The Morgan fingerprint density at radius 2 is 1.80 bits per heavy atom. The van der Waals surface area contributed by atoms with Gasteiger partial charge in [0.1, 0.15) is 11.3 Å². The fourth-order valence-electron chi connectivity index (χ4n) is 2.85. The van der Waals surface area contributed by atoms with Crippen molar-refractivity contribution in [2.24, 2.45) is 0 Å². The van der Waals surface area contributed by atoms with E-state index in [1.807, 2.05) is 0 Å². The van der Waals surface area contributed by atoms with E-state index < -0.39 is 25.6 Å². The van der Waals surface area contributed by atoms with Crippen molar-refractivity contribution in [3.05, 3.63) is 33.9 Å². The summed E-state index contributed by atoms with van der Waals surface area (Å²) in [5, 5.41) is 0. The van der Waals surface area contributed by atoms with Crippen LogP contribution in [0, 0.1) is 0 Å². The maximum absolute atomic E-state index is 13.0. The van der Waals surface area contributed by atoms with E-state index in [4.69, 9.17) is 18.6 Å². The van der Waals surface area contributed by atoms with Gasteiger partial charge in [-0.15, -0.1) is 0 Å². The number of Topliss-reactive ketones (excluding diaryl/α,β-unsaturated/α-hetero) is 1. The summed E-state index contributed by atoms with van der Waals surface area (Å²) < 4.78 is 20.9. The van der Waals surface area contributed by atoms with Crippen molar-refractivity contribution in [1.29, 1.82) is 0 Å². The molecule has 1 N–H and O–H groups in total. The number of ketones is 1. The monoisotopic (exact) mass is 433 g/mol. The van der Waals surface area contributed by atoms with Crippen LogP contribution in [0.15, 0.2) is 15.3 Å². The number of esters is 1. The number of allylic oxidation sites excluding steroid dienone is 1. The van der Waals surface area contributed by atoms with E-state index in [9.17, 15) is 14.4 Å². The molecule has 11 heteroatoms. The molecular formula is C19H23N3O7Si. The van der Waals surface area contributed by atoms with E-state index in [0.717, 1.165) is 6.04 Å². The second kappa shape index (κ2) is 8.26. The molecule has 0 saturated heterocycles. The topological polar surface area (TPSA) is 134 Å². The molecule has 0 amide bonds. The summed E-state index contributed by atoms with van der Waals surface area (Å²) in [4.78, 5) is 48.1. The van der Waals surface area contributed by atoms with Gasteiger partial charge in [-0.2, -0.15) is 9.97 Å². The lowest BCUT2D eigenvalue weighted by atomic mass is 9.91. The van der Waals surface area contributed by atoms with Crippen LogP contribution in [0.4, 0.5) is 0 Å². The molecule has 2 heterocycles. The number of methoxy groups -OCH3 is 2. The standard InChI is InChI=1S/C19H23N3O7Si/c1-26-12-9-13(27-2)21-17(20-12)10-8-11(23)15-16(29-19(25)22-15)14(10)18(24)28-6-7-30(3,4)5/h9H,6-8H2,1-5H3,(H,22,25). The van der Waals surface area contributed by atoms with Crippen LogP contribution in [0.3, 0.4) is 0 Å². The normalized spacial score (nSPS) is 13.8. The molecule has 0 bridgehead atoms. The number of hydrogen-bond donors (Lipinski definition) is 1. The molecule has 0 saturated carbocycles. The van der Waals surface area contributed by atoms with Crippen LogP contribution in [0.2, 0.25) is 25.7 Å². The molecule has 0 aromatic carbocycles. The van der Waals surface area contributed by atoms with Crippen molar-refractivity contribution in [1.82, 2.24) is 15.0 Å². The molecule has 3 rings (SSSR count). The molecule has 0 spiro atoms. The Morgan fingerprint density at radius 1 is 1.17 bits per heavy atom. The number of rotatable bonds is 7. The Kier molecular flexibility index (Phi) is 5.92. The van der Waals surface area contributed by atoms with Gasteiger partial charge in [0.25, 0.3) is 0 Å². The molecule has 2 aromatic rings. The minimum Gasteiger partial charge on any atom is -0.481 e. The maximum Gasteiger partial charge on any atom is 0.417 e. The van der Waals surface area contributed by atoms with Crippen LogP contribution in [0.1, 0.15) is 28.5 Å². The van der Waals surface area contributed by atoms with E-state index in [0.29, 0.717) is 0 Å². The predicted molar refractivity (Wildman–Crippen MR) is 109 cm³/mol. The fourth-order valence-corrected chi connectivity index (χ4v) is 3.57. The molecule has 0 atom stereocenters. The highest BCUT2D eigenvalue weighted by molar-refractivity contribution is 6.76. The zero-order valence-corrected chi connectivity index (χ0v) is 18.5. The number of carbonyl (C=O) groups is 2. The summed E-state index contributed by atoms with van der Waals surface area (Å²) in [7, 11) is 1.39. The van der Waals surface area contributed by atoms with E-state index in [1.54, 1.807) is 0 Å². The van der Waals surface area contributed by atoms with Crippen LogP contribution < -0.4 is 15.2 Å². The summed E-state index contributed by atoms with van der Waals surface area (Å²) in [5.74, 6) is -1.75. The average Bonchev–Trinajstić information content (AvgIpc) is 3.08. The molecule has 160 valence electrons. The highest BCUT2D eigenvalue weighted by Crippen LogP contribution is 2.36. The van der Waals surface area contributed by atoms with Gasteiger partial charge in [0, 0.05) is 20.1 Å². The number of nitrogens with one attached hydrogen (secondary N) is 1. The number of hydrogen-bond acceptors (Lipinski definition) is 9. The van der Waals surface area contributed by atoms with Crippen LogP contribution in [-0.4, -0.2) is 55.6 Å². The van der Waals surface area contributed by atoms with Gasteiger partial charge in [-0.3, -0.25) is 9.78 Å². The van der Waals surface area contributed by atoms with E-state index >= 15 is 0 Å². The second-order valence-electron chi connectivity index (χ2n) is 7.90. The molecule has 0 radical (unpaired) electrons. The Bertz CT molecular complexity index is 1060. The summed E-state index contributed by atoms with van der Waals surface area (Å²) in [5.41, 5.74) is 0.0371. The predicted octanol–water partition coefficient (Wildman–Crippen LogP) is 2.15. The molecule has 30 heavy (non-hydrogen) atoms. The van der Waals surface area contributed by atoms with Gasteiger partial charge in [0.2, 0.25) is 11.8 Å². The smallest absolute Gasteiger partial charge is 0.417 e. The number of oxazole rings is 1. The van der Waals surface area contributed by atoms with Crippen molar-refractivity contribution in [3.8, 4) is 11.8 Å². The third-order valence-corrected chi connectivity index (χ3v) is 6.15. The highest BCUT2D eigenvalue weighted by Gasteiger charge is 2.36. The fraction of sp³-hybridized carbons (Fsp3) is 0.421. The average molecular weight is 433 g/mol. The summed E-state index contributed by atoms with van der Waals surface area (Å²) in [6.07, 6.45) is -0.225. The lowest BCUT2D eigenvalue weighted by molar-refractivity contribution is -0.136. The minimum absolute atomic E-state index is 0.0474. The van der Waals surface area contributed by atoms with Crippen molar-refractivity contribution in [2.75, 3.05) is 20.8 Å². The number of H-pyrrole nitrogens is 1. The highest BCUT2D eigenvalue weighted by atomic mass is 28.3. The quantitative estimate of drug-likeness (QED) is 0.515. The van der Waals surface area contributed by atoms with Gasteiger partial charge >= 0.3 is 11.7 Å². The van der Waals surface area contributed by atoms with Gasteiger partial charge in [-0.25, -0.2) is 9.59 Å². The van der Waals surface area contributed by atoms with E-state index in [-0.39, 0.29) is 53.2 Å². The first kappa shape index (κ1) is 21.5. The molecule has 2 aromatic heterocycles. The lowest BCUT2D eigenvalue weighted by Crippen LogP contribution is -2.24. The first-order valence-corrected chi connectivity index (χ1v) is 13.0. The van der Waals surface area contributed by atoms with E-state index in [2.05, 4.69) is 34.6 Å². The van der Waals surface area contributed by atoms with Crippen molar-refractivity contribution >= 4 is 31.0 Å². The lowest BCUT2D eigenvalue weighted by Gasteiger charge is -2.19. The SMILES string of the molecule is COc1cc(OC)nc(C2=C(C(=O)OCC[Si](C)(C)C)c3oc(=O)[nH]c3C(=O)C2)n1. The first-order chi connectivity index (χ1) is 14.1. The third-order valence-electron chi connectivity index (χ3n) is 4.45. The number of nitrogens with zero attached hydrogens (tertiary/aromatic N) is 2. The zero-order chi connectivity index (χ0) is 22.1. The minimum atomic E-state index is -1.44. The summed E-state index contributed by atoms with van der Waals surface area (Å²) in [6, 6.07) is 2.22. The van der Waals surface area contributed by atoms with Crippen LogP contribution >= 0.6 is 0 Å². The Hall–Kier alpha value is -3.21. The van der Waals surface area contributed by atoms with Crippen LogP contribution in [0.5, 0.6) is 11.8 Å². The second-order valence-corrected chi connectivity index (χ2v) is 13.5. The Morgan fingerprint density at radius 3 is 2.37 bits per heavy atom. The third kappa shape index (κ3) is 4.51. The number of aromatic amines is 1. The molecule has 1 aliphatic carbocycles. The molecule has 0 unspecified atom stereocenters. The number of fused-ring (bicyclic) bond motifs is 1. The molecule has 0 aliphatic heterocycles. The molecule has 10 nitrogen and oxygen atoms in total. The number of aromatic nitrogens is 3. The summed E-state index contributed by atoms with van der Waals surface area (Å²) in [6.45, 7) is 6.69.